The lowest BCUT2D eigenvalue weighted by molar-refractivity contribution is -0.112. The topological polar surface area (TPSA) is 73.2 Å². The number of ether oxygens (including phenoxy) is 1. The fourth-order valence-electron chi connectivity index (χ4n) is 3.81. The molecular weight excluding hydrogens is 461 g/mol. The number of halogens is 2. The number of carbonyl (C=O) groups is 2. The summed E-state index contributed by atoms with van der Waals surface area (Å²) in [5.41, 5.74) is 4.19. The van der Waals surface area contributed by atoms with Crippen LogP contribution in [0.15, 0.2) is 54.7 Å². The van der Waals surface area contributed by atoms with E-state index in [0.717, 1.165) is 22.0 Å². The van der Waals surface area contributed by atoms with E-state index in [1.165, 1.54) is 19.4 Å². The number of anilines is 1. The Morgan fingerprint density at radius 1 is 1.06 bits per heavy atom. The quantitative estimate of drug-likeness (QED) is 0.277. The molecular formula is C25H21Cl2N3O3. The van der Waals surface area contributed by atoms with Gasteiger partial charge in [0.25, 0.3) is 11.7 Å². The van der Waals surface area contributed by atoms with Crippen LogP contribution in [-0.4, -0.2) is 28.4 Å². The number of benzene rings is 2. The smallest absolute Gasteiger partial charge is 0.296 e. The molecule has 0 atom stereocenters. The Balaban J connectivity index is 1.74. The highest BCUT2D eigenvalue weighted by atomic mass is 35.5. The predicted molar refractivity (Wildman–Crippen MR) is 131 cm³/mol. The van der Waals surface area contributed by atoms with Crippen molar-refractivity contribution in [3.63, 3.8) is 0 Å². The second kappa shape index (κ2) is 9.25. The van der Waals surface area contributed by atoms with Gasteiger partial charge in [0.15, 0.2) is 0 Å². The summed E-state index contributed by atoms with van der Waals surface area (Å²) in [5, 5.41) is 4.09. The van der Waals surface area contributed by atoms with Crippen molar-refractivity contribution in [2.75, 3.05) is 12.4 Å². The summed E-state index contributed by atoms with van der Waals surface area (Å²) in [6, 6.07) is 14.9. The van der Waals surface area contributed by atoms with Crippen LogP contribution in [0.2, 0.25) is 10.0 Å². The lowest BCUT2D eigenvalue weighted by atomic mass is 10.0. The molecule has 8 heteroatoms. The van der Waals surface area contributed by atoms with Crippen LogP contribution in [-0.2, 0) is 11.3 Å². The summed E-state index contributed by atoms with van der Waals surface area (Å²) in [4.78, 5) is 30.3. The van der Waals surface area contributed by atoms with E-state index in [1.54, 1.807) is 0 Å². The molecule has 0 fully saturated rings. The number of fused-ring (bicyclic) bond motifs is 1. The number of aromatic nitrogens is 2. The van der Waals surface area contributed by atoms with E-state index in [9.17, 15) is 9.59 Å². The number of carbonyl (C=O) groups excluding carboxylic acids is 2. The number of hydrogen-bond acceptors (Lipinski definition) is 4. The van der Waals surface area contributed by atoms with E-state index < -0.39 is 11.7 Å². The zero-order valence-electron chi connectivity index (χ0n) is 18.3. The lowest BCUT2D eigenvalue weighted by Gasteiger charge is -2.10. The Labute approximate surface area is 201 Å². The van der Waals surface area contributed by atoms with Crippen LogP contribution in [0.25, 0.3) is 10.9 Å². The van der Waals surface area contributed by atoms with E-state index in [0.29, 0.717) is 22.8 Å². The number of ketones is 1. The van der Waals surface area contributed by atoms with E-state index in [-0.39, 0.29) is 16.6 Å². The van der Waals surface area contributed by atoms with Crippen molar-refractivity contribution in [3.8, 4) is 5.88 Å². The Morgan fingerprint density at radius 2 is 1.79 bits per heavy atom. The summed E-state index contributed by atoms with van der Waals surface area (Å²) >= 11 is 12.2. The Hall–Kier alpha value is -3.35. The number of rotatable bonds is 6. The lowest BCUT2D eigenvalue weighted by Crippen LogP contribution is -2.24. The Bertz CT molecular complexity index is 1380. The SMILES string of the molecule is COc1nccc(NC(=O)C(=O)c2c(C)n(Cc3ccc(Cl)cc3)c3ccc(C)cc23)c1Cl. The first-order valence-corrected chi connectivity index (χ1v) is 10.9. The summed E-state index contributed by atoms with van der Waals surface area (Å²) in [6.07, 6.45) is 1.44. The maximum atomic E-state index is 13.3. The molecule has 1 N–H and O–H groups in total. The molecule has 0 unspecified atom stereocenters. The number of amides is 1. The van der Waals surface area contributed by atoms with Crippen LogP contribution in [0.1, 0.15) is 27.2 Å². The van der Waals surface area contributed by atoms with E-state index in [4.69, 9.17) is 27.9 Å². The molecule has 1 amide bonds. The zero-order chi connectivity index (χ0) is 23.7. The number of nitrogens with one attached hydrogen (secondary N) is 1. The van der Waals surface area contributed by atoms with Gasteiger partial charge in [0.1, 0.15) is 5.02 Å². The van der Waals surface area contributed by atoms with Crippen LogP contribution in [0.3, 0.4) is 0 Å². The van der Waals surface area contributed by atoms with Crippen molar-refractivity contribution in [1.29, 1.82) is 0 Å². The number of hydrogen-bond donors (Lipinski definition) is 1. The van der Waals surface area contributed by atoms with E-state index >= 15 is 0 Å². The van der Waals surface area contributed by atoms with Gasteiger partial charge in [-0.1, -0.05) is 47.0 Å². The third kappa shape index (κ3) is 4.45. The van der Waals surface area contributed by atoms with Crippen LogP contribution >= 0.6 is 23.2 Å². The summed E-state index contributed by atoms with van der Waals surface area (Å²) < 4.78 is 7.11. The van der Waals surface area contributed by atoms with Gasteiger partial charge < -0.3 is 14.6 Å². The number of aryl methyl sites for hydroxylation is 1. The first kappa shape index (κ1) is 22.8. The third-order valence-corrected chi connectivity index (χ3v) is 6.08. The molecule has 6 nitrogen and oxygen atoms in total. The van der Waals surface area contributed by atoms with Crippen molar-refractivity contribution in [3.05, 3.63) is 87.2 Å². The number of Topliss-reactive ketones (excluding diaryl/α,β-unsaturated/α-hetero) is 1. The predicted octanol–water partition coefficient (Wildman–Crippen LogP) is 5.84. The van der Waals surface area contributed by atoms with Crippen molar-refractivity contribution < 1.29 is 14.3 Å². The largest absolute Gasteiger partial charge is 0.480 e. The second-order valence-corrected chi connectivity index (χ2v) is 8.47. The summed E-state index contributed by atoms with van der Waals surface area (Å²) in [6.45, 7) is 4.32. The number of pyridine rings is 1. The molecule has 168 valence electrons. The van der Waals surface area contributed by atoms with Crippen molar-refractivity contribution in [2.24, 2.45) is 0 Å². The third-order valence-electron chi connectivity index (χ3n) is 5.46. The fraction of sp³-hybridized carbons (Fsp3) is 0.160. The van der Waals surface area contributed by atoms with Crippen molar-refractivity contribution >= 4 is 51.5 Å². The highest BCUT2D eigenvalue weighted by Crippen LogP contribution is 2.31. The van der Waals surface area contributed by atoms with Gasteiger partial charge in [0.05, 0.1) is 18.4 Å². The number of methoxy groups -OCH3 is 1. The molecule has 0 aliphatic rings. The normalized spacial score (nSPS) is 10.9. The molecule has 0 saturated heterocycles. The monoisotopic (exact) mass is 481 g/mol. The minimum absolute atomic E-state index is 0.124. The molecule has 0 saturated carbocycles. The average Bonchev–Trinajstić information content (AvgIpc) is 3.06. The minimum atomic E-state index is -0.791. The van der Waals surface area contributed by atoms with Crippen LogP contribution in [0.4, 0.5) is 5.69 Å². The zero-order valence-corrected chi connectivity index (χ0v) is 19.8. The van der Waals surface area contributed by atoms with Gasteiger partial charge in [-0.15, -0.1) is 0 Å². The van der Waals surface area contributed by atoms with Crippen LogP contribution < -0.4 is 10.1 Å². The van der Waals surface area contributed by atoms with Crippen LogP contribution in [0.5, 0.6) is 5.88 Å². The highest BCUT2D eigenvalue weighted by Gasteiger charge is 2.26. The highest BCUT2D eigenvalue weighted by molar-refractivity contribution is 6.49. The average molecular weight is 482 g/mol. The fourth-order valence-corrected chi connectivity index (χ4v) is 4.18. The Morgan fingerprint density at radius 3 is 2.48 bits per heavy atom. The molecule has 0 radical (unpaired) electrons. The molecule has 2 heterocycles. The second-order valence-electron chi connectivity index (χ2n) is 7.66. The summed E-state index contributed by atoms with van der Waals surface area (Å²) in [5.74, 6) is -1.28. The molecule has 2 aromatic heterocycles. The molecule has 4 aromatic rings. The van der Waals surface area contributed by atoms with Gasteiger partial charge >= 0.3 is 0 Å². The molecule has 0 bridgehead atoms. The van der Waals surface area contributed by atoms with Gasteiger partial charge in [0.2, 0.25) is 5.88 Å². The van der Waals surface area contributed by atoms with Gasteiger partial charge in [-0.05, 0) is 49.7 Å². The number of nitrogens with zero attached hydrogens (tertiary/aromatic N) is 2. The molecule has 4 rings (SSSR count). The first-order chi connectivity index (χ1) is 15.8. The van der Waals surface area contributed by atoms with Crippen LogP contribution in [0, 0.1) is 13.8 Å². The minimum Gasteiger partial charge on any atom is -0.480 e. The Kier molecular flexibility index (Phi) is 6.40. The molecule has 33 heavy (non-hydrogen) atoms. The molecule has 0 spiro atoms. The first-order valence-electron chi connectivity index (χ1n) is 10.2. The molecule has 2 aromatic carbocycles. The van der Waals surface area contributed by atoms with Crippen molar-refractivity contribution in [2.45, 2.75) is 20.4 Å². The van der Waals surface area contributed by atoms with Crippen molar-refractivity contribution in [1.82, 2.24) is 9.55 Å². The van der Waals surface area contributed by atoms with Gasteiger partial charge in [-0.25, -0.2) is 4.98 Å². The molecule has 0 aliphatic carbocycles. The van der Waals surface area contributed by atoms with E-state index in [2.05, 4.69) is 10.3 Å². The maximum absolute atomic E-state index is 13.3. The van der Waals surface area contributed by atoms with Gasteiger partial charge in [-0.3, -0.25) is 9.59 Å². The van der Waals surface area contributed by atoms with Gasteiger partial charge in [-0.2, -0.15) is 0 Å². The summed E-state index contributed by atoms with van der Waals surface area (Å²) in [7, 11) is 1.42. The maximum Gasteiger partial charge on any atom is 0.296 e. The molecule has 0 aliphatic heterocycles. The van der Waals surface area contributed by atoms with E-state index in [1.807, 2.05) is 60.9 Å². The standard InChI is InChI=1S/C25H21Cl2N3O3/c1-14-4-9-20-18(12-14)21(15(2)30(20)13-16-5-7-17(26)8-6-16)23(31)24(32)29-19-10-11-28-25(33-3)22(19)27/h4-12H,13H2,1-3H3,(H,28,29,32). The van der Waals surface area contributed by atoms with Gasteiger partial charge in [0, 0.05) is 34.4 Å².